The number of Topliss-reactive ketones (excluding diaryl/α,β-unsaturated/α-hetero) is 1. The van der Waals surface area contributed by atoms with Gasteiger partial charge in [-0.15, -0.1) is 4.91 Å². The molecule has 28 heavy (non-hydrogen) atoms. The summed E-state index contributed by atoms with van der Waals surface area (Å²) < 4.78 is 5.69. The number of carbonyl (C=O) groups is 2. The van der Waals surface area contributed by atoms with Gasteiger partial charge < -0.3 is 14.6 Å². The maximum absolute atomic E-state index is 12.5. The number of fused-ring (bicyclic) bond motifs is 1. The Morgan fingerprint density at radius 2 is 1.89 bits per heavy atom. The van der Waals surface area contributed by atoms with Gasteiger partial charge in [-0.25, -0.2) is 4.79 Å². The first-order valence-corrected chi connectivity index (χ1v) is 8.34. The number of benzene rings is 2. The molecule has 1 aromatic heterocycles. The molecule has 1 aliphatic carbocycles. The Bertz CT molecular complexity index is 1160. The predicted octanol–water partition coefficient (Wildman–Crippen LogP) is 4.36. The van der Waals surface area contributed by atoms with Crippen LogP contribution in [-0.2, 0) is 0 Å². The molecule has 7 nitrogen and oxygen atoms in total. The molecule has 0 aliphatic heterocycles. The molecular weight excluding hydrogens is 362 g/mol. The number of hydrogen-bond donors (Lipinski definition) is 2. The molecule has 0 saturated heterocycles. The van der Waals surface area contributed by atoms with E-state index >= 15 is 0 Å². The number of furan rings is 1. The lowest BCUT2D eigenvalue weighted by Gasteiger charge is -2.03. The van der Waals surface area contributed by atoms with Gasteiger partial charge >= 0.3 is 5.97 Å². The van der Waals surface area contributed by atoms with Gasteiger partial charge in [0.15, 0.2) is 5.78 Å². The molecule has 0 fully saturated rings. The Morgan fingerprint density at radius 1 is 1.11 bits per heavy atom. The molecule has 0 saturated carbocycles. The van der Waals surface area contributed by atoms with Crippen molar-refractivity contribution in [1.29, 1.82) is 0 Å². The highest BCUT2D eigenvalue weighted by Crippen LogP contribution is 2.37. The number of carbonyl (C=O) groups excluding carboxylic acids is 1. The fourth-order valence-corrected chi connectivity index (χ4v) is 3.21. The third kappa shape index (κ3) is 2.83. The zero-order valence-corrected chi connectivity index (χ0v) is 14.3. The van der Waals surface area contributed by atoms with Crippen molar-refractivity contribution in [2.75, 3.05) is 0 Å². The normalized spacial score (nSPS) is 17.0. The molecule has 2 N–H and O–H groups in total. The van der Waals surface area contributed by atoms with Gasteiger partial charge in [0.05, 0.1) is 5.56 Å². The van der Waals surface area contributed by atoms with Crippen molar-refractivity contribution in [2.45, 2.75) is 6.10 Å². The lowest BCUT2D eigenvalue weighted by atomic mass is 10.1. The zero-order chi connectivity index (χ0) is 19.8. The predicted molar refractivity (Wildman–Crippen MR) is 100 cm³/mol. The number of rotatable bonds is 4. The smallest absolute Gasteiger partial charge is 0.338 e. The first-order chi connectivity index (χ1) is 13.5. The van der Waals surface area contributed by atoms with E-state index in [1.807, 2.05) is 0 Å². The molecule has 7 heteroatoms. The Balaban J connectivity index is 1.69. The van der Waals surface area contributed by atoms with Crippen LogP contribution in [0.3, 0.4) is 0 Å². The largest absolute Gasteiger partial charge is 0.478 e. The van der Waals surface area contributed by atoms with Crippen LogP contribution in [0.15, 0.2) is 69.8 Å². The molecule has 1 unspecified atom stereocenters. The van der Waals surface area contributed by atoms with E-state index in [1.165, 1.54) is 24.3 Å². The SMILES string of the molecule is O=Nc1ccc(-c2ccc(/C=C3/C(=O)c4ccccc4C3O)o2)cc1C(=O)O. The minimum absolute atomic E-state index is 0.178. The van der Waals surface area contributed by atoms with Gasteiger partial charge in [-0.3, -0.25) is 4.79 Å². The first-order valence-electron chi connectivity index (χ1n) is 8.34. The summed E-state index contributed by atoms with van der Waals surface area (Å²) >= 11 is 0. The number of ketones is 1. The average Bonchev–Trinajstić information content (AvgIpc) is 3.27. The number of aromatic carboxylic acids is 1. The highest BCUT2D eigenvalue weighted by atomic mass is 16.4. The third-order valence-electron chi connectivity index (χ3n) is 4.59. The van der Waals surface area contributed by atoms with Crippen LogP contribution >= 0.6 is 0 Å². The maximum Gasteiger partial charge on any atom is 0.338 e. The molecule has 1 heterocycles. The third-order valence-corrected chi connectivity index (χ3v) is 4.59. The molecule has 4 rings (SSSR count). The highest BCUT2D eigenvalue weighted by molar-refractivity contribution is 6.16. The fourth-order valence-electron chi connectivity index (χ4n) is 3.21. The standard InChI is InChI=1S/C21H13NO6/c23-19-13-3-1-2-4-14(13)20(24)16(19)10-12-6-8-18(28-12)11-5-7-17(22-27)15(9-11)21(25)26/h1-10,19,23H,(H,25,26)/b16-10+. The van der Waals surface area contributed by atoms with Crippen molar-refractivity contribution in [3.05, 3.63) is 87.5 Å². The number of aliphatic hydroxyl groups is 1. The van der Waals surface area contributed by atoms with Gasteiger partial charge in [-0.2, -0.15) is 0 Å². The van der Waals surface area contributed by atoms with Crippen LogP contribution in [0.4, 0.5) is 5.69 Å². The second-order valence-electron chi connectivity index (χ2n) is 6.25. The van der Waals surface area contributed by atoms with E-state index < -0.39 is 12.1 Å². The van der Waals surface area contributed by atoms with Crippen molar-refractivity contribution in [2.24, 2.45) is 5.18 Å². The van der Waals surface area contributed by atoms with Crippen molar-refractivity contribution in [3.63, 3.8) is 0 Å². The van der Waals surface area contributed by atoms with Gasteiger partial charge in [0.25, 0.3) is 0 Å². The quantitative estimate of drug-likeness (QED) is 0.517. The first kappa shape index (κ1) is 17.6. The fraction of sp³-hybridized carbons (Fsp3) is 0.0476. The monoisotopic (exact) mass is 375 g/mol. The van der Waals surface area contributed by atoms with E-state index in [0.29, 0.717) is 28.2 Å². The second-order valence-corrected chi connectivity index (χ2v) is 6.25. The summed E-state index contributed by atoms with van der Waals surface area (Å²) in [5.74, 6) is -0.859. The Labute approximate surface area is 158 Å². The van der Waals surface area contributed by atoms with Crippen LogP contribution in [0.1, 0.15) is 38.1 Å². The molecule has 2 aromatic carbocycles. The summed E-state index contributed by atoms with van der Waals surface area (Å²) in [5, 5.41) is 22.3. The average molecular weight is 375 g/mol. The van der Waals surface area contributed by atoms with Crippen LogP contribution in [0.5, 0.6) is 0 Å². The number of nitroso groups, excluding NO2 is 1. The highest BCUT2D eigenvalue weighted by Gasteiger charge is 2.33. The molecular formula is C21H13NO6. The minimum atomic E-state index is -1.28. The topological polar surface area (TPSA) is 117 Å². The van der Waals surface area contributed by atoms with E-state index in [2.05, 4.69) is 5.18 Å². The molecule has 0 amide bonds. The Kier molecular flexibility index (Phi) is 4.21. The summed E-state index contributed by atoms with van der Waals surface area (Å²) in [5.41, 5.74) is 1.23. The summed E-state index contributed by atoms with van der Waals surface area (Å²) in [4.78, 5) is 34.5. The number of nitrogens with zero attached hydrogens (tertiary/aromatic N) is 1. The molecule has 0 spiro atoms. The number of carboxylic acids is 1. The molecule has 1 aliphatic rings. The molecule has 0 radical (unpaired) electrons. The van der Waals surface area contributed by atoms with Gasteiger partial charge in [0.1, 0.15) is 23.3 Å². The number of carboxylic acid groups (broad SMARTS) is 1. The molecule has 1 atom stereocenters. The molecule has 3 aromatic rings. The van der Waals surface area contributed by atoms with Gasteiger partial charge in [-0.05, 0) is 47.1 Å². The van der Waals surface area contributed by atoms with E-state index in [4.69, 9.17) is 4.42 Å². The Hall–Kier alpha value is -3.84. The van der Waals surface area contributed by atoms with Gasteiger partial charge in [-0.1, -0.05) is 24.3 Å². The van der Waals surface area contributed by atoms with Crippen molar-refractivity contribution < 1.29 is 24.2 Å². The van der Waals surface area contributed by atoms with Crippen molar-refractivity contribution in [1.82, 2.24) is 0 Å². The minimum Gasteiger partial charge on any atom is -0.478 e. The molecule has 0 bridgehead atoms. The van der Waals surface area contributed by atoms with Crippen LogP contribution < -0.4 is 0 Å². The van der Waals surface area contributed by atoms with Crippen molar-refractivity contribution in [3.8, 4) is 11.3 Å². The van der Waals surface area contributed by atoms with Crippen molar-refractivity contribution >= 4 is 23.5 Å². The van der Waals surface area contributed by atoms with E-state index in [0.717, 1.165) is 0 Å². The van der Waals surface area contributed by atoms with E-state index in [9.17, 15) is 24.7 Å². The van der Waals surface area contributed by atoms with Crippen LogP contribution in [0.2, 0.25) is 0 Å². The molecule has 138 valence electrons. The van der Waals surface area contributed by atoms with E-state index in [-0.39, 0.29) is 22.6 Å². The van der Waals surface area contributed by atoms with Crippen LogP contribution in [0.25, 0.3) is 17.4 Å². The lowest BCUT2D eigenvalue weighted by Crippen LogP contribution is -1.98. The summed E-state index contributed by atoms with van der Waals surface area (Å²) in [7, 11) is 0. The second kappa shape index (κ2) is 6.71. The number of aliphatic hydroxyl groups excluding tert-OH is 1. The van der Waals surface area contributed by atoms with Gasteiger partial charge in [0, 0.05) is 16.7 Å². The van der Waals surface area contributed by atoms with Crippen LogP contribution in [0, 0.1) is 4.91 Å². The summed E-state index contributed by atoms with van der Waals surface area (Å²) in [6, 6.07) is 14.2. The Morgan fingerprint density at radius 3 is 2.61 bits per heavy atom. The van der Waals surface area contributed by atoms with Gasteiger partial charge in [0.2, 0.25) is 0 Å². The summed E-state index contributed by atoms with van der Waals surface area (Å²) in [6.45, 7) is 0. The zero-order valence-electron chi connectivity index (χ0n) is 14.3. The number of hydrogen-bond acceptors (Lipinski definition) is 6. The summed E-state index contributed by atoms with van der Waals surface area (Å²) in [6.07, 6.45) is 0.435. The lowest BCUT2D eigenvalue weighted by molar-refractivity contribution is 0.0697. The van der Waals surface area contributed by atoms with Crippen LogP contribution in [-0.4, -0.2) is 22.0 Å². The van der Waals surface area contributed by atoms with E-state index in [1.54, 1.807) is 36.4 Å². The maximum atomic E-state index is 12.5.